The van der Waals surface area contributed by atoms with Crippen molar-refractivity contribution in [2.45, 2.75) is 45.8 Å². The zero-order valence-corrected chi connectivity index (χ0v) is 19.7. The molecule has 0 radical (unpaired) electrons. The van der Waals surface area contributed by atoms with Crippen LogP contribution in [0.2, 0.25) is 0 Å². The maximum atomic E-state index is 12.1. The molecular weight excluding hydrogens is 412 g/mol. The summed E-state index contributed by atoms with van der Waals surface area (Å²) >= 11 is 0. The second-order valence-corrected chi connectivity index (χ2v) is 8.40. The van der Waals surface area contributed by atoms with Crippen LogP contribution in [0, 0.1) is 6.92 Å². The molecule has 33 heavy (non-hydrogen) atoms. The Morgan fingerprint density at radius 1 is 0.879 bits per heavy atom. The predicted octanol–water partition coefficient (Wildman–Crippen LogP) is 5.83. The van der Waals surface area contributed by atoms with Crippen LogP contribution >= 0.6 is 0 Å². The number of ether oxygens (including phenoxy) is 3. The zero-order valence-electron chi connectivity index (χ0n) is 19.7. The van der Waals surface area contributed by atoms with Crippen molar-refractivity contribution >= 4 is 5.97 Å². The van der Waals surface area contributed by atoms with Gasteiger partial charge >= 0.3 is 5.97 Å². The Kier molecular flexibility index (Phi) is 7.58. The molecule has 3 aromatic carbocycles. The highest BCUT2D eigenvalue weighted by atomic mass is 16.6. The Bertz CT molecular complexity index is 1090. The van der Waals surface area contributed by atoms with E-state index in [1.165, 1.54) is 33.4 Å². The molecule has 0 saturated heterocycles. The number of aryl methyl sites for hydroxylation is 1. The first-order valence-electron chi connectivity index (χ1n) is 11.8. The van der Waals surface area contributed by atoms with E-state index in [1.54, 1.807) is 0 Å². The first-order chi connectivity index (χ1) is 16.1. The molecule has 0 saturated carbocycles. The first-order valence-corrected chi connectivity index (χ1v) is 11.8. The van der Waals surface area contributed by atoms with E-state index >= 15 is 0 Å². The average molecular weight is 445 g/mol. The number of rotatable bonds is 10. The lowest BCUT2D eigenvalue weighted by Gasteiger charge is -2.16. The van der Waals surface area contributed by atoms with Crippen molar-refractivity contribution in [2.24, 2.45) is 0 Å². The fourth-order valence-corrected chi connectivity index (χ4v) is 4.46. The topological polar surface area (TPSA) is 44.8 Å². The third-order valence-electron chi connectivity index (χ3n) is 6.06. The van der Waals surface area contributed by atoms with Gasteiger partial charge in [-0.3, -0.25) is 0 Å². The van der Waals surface area contributed by atoms with Gasteiger partial charge in [0, 0.05) is 13.0 Å². The van der Waals surface area contributed by atoms with Crippen molar-refractivity contribution in [1.82, 2.24) is 0 Å². The molecule has 1 aliphatic rings. The van der Waals surface area contributed by atoms with E-state index in [1.807, 2.05) is 13.8 Å². The van der Waals surface area contributed by atoms with Crippen LogP contribution in [0.5, 0.6) is 0 Å². The van der Waals surface area contributed by atoms with Gasteiger partial charge in [0.2, 0.25) is 0 Å². The normalized spacial score (nSPS) is 15.1. The van der Waals surface area contributed by atoms with Crippen LogP contribution in [0.15, 0.2) is 66.7 Å². The first kappa shape index (κ1) is 23.2. The number of carbonyl (C=O) groups excluding carboxylic acids is 1. The minimum atomic E-state index is -0.560. The number of hydrogen-bond donors (Lipinski definition) is 0. The summed E-state index contributed by atoms with van der Waals surface area (Å²) in [7, 11) is 0. The molecule has 2 unspecified atom stereocenters. The third kappa shape index (κ3) is 5.35. The summed E-state index contributed by atoms with van der Waals surface area (Å²) in [6.45, 7) is 7.29. The molecular formula is C29H32O4. The lowest BCUT2D eigenvalue weighted by molar-refractivity contribution is -0.156. The molecule has 0 heterocycles. The van der Waals surface area contributed by atoms with Gasteiger partial charge in [0.15, 0.2) is 6.10 Å². The molecule has 0 amide bonds. The van der Waals surface area contributed by atoms with Crippen LogP contribution in [-0.2, 0) is 31.8 Å². The number of benzene rings is 3. The summed E-state index contributed by atoms with van der Waals surface area (Å²) in [5.74, 6) is -0.302. The molecule has 172 valence electrons. The van der Waals surface area contributed by atoms with Gasteiger partial charge in [-0.15, -0.1) is 0 Å². The van der Waals surface area contributed by atoms with Crippen LogP contribution in [0.4, 0.5) is 0 Å². The fourth-order valence-electron chi connectivity index (χ4n) is 4.46. The van der Waals surface area contributed by atoms with Crippen LogP contribution in [0.25, 0.3) is 11.1 Å². The van der Waals surface area contributed by atoms with Gasteiger partial charge in [-0.05, 0) is 60.6 Å². The summed E-state index contributed by atoms with van der Waals surface area (Å²) < 4.78 is 17.1. The zero-order chi connectivity index (χ0) is 23.2. The number of carbonyl (C=O) groups is 1. The molecule has 0 aliphatic heterocycles. The molecule has 4 rings (SSSR count). The van der Waals surface area contributed by atoms with E-state index in [0.717, 1.165) is 12.0 Å². The molecule has 0 spiro atoms. The summed E-state index contributed by atoms with van der Waals surface area (Å²) in [5.41, 5.74) is 8.56. The van der Waals surface area contributed by atoms with Gasteiger partial charge in [0.1, 0.15) is 6.10 Å². The summed E-state index contributed by atoms with van der Waals surface area (Å²) in [6, 6.07) is 23.5. The average Bonchev–Trinajstić information content (AvgIpc) is 3.13. The van der Waals surface area contributed by atoms with E-state index < -0.39 is 6.10 Å². The summed E-state index contributed by atoms with van der Waals surface area (Å²) in [6.07, 6.45) is 0.757. The maximum absolute atomic E-state index is 12.1. The minimum absolute atomic E-state index is 0.0214. The van der Waals surface area contributed by atoms with E-state index in [0.29, 0.717) is 26.2 Å². The lowest BCUT2D eigenvalue weighted by Crippen LogP contribution is -2.29. The quantitative estimate of drug-likeness (QED) is 0.369. The van der Waals surface area contributed by atoms with E-state index in [4.69, 9.17) is 14.2 Å². The van der Waals surface area contributed by atoms with Gasteiger partial charge in [-0.1, -0.05) is 72.3 Å². The van der Waals surface area contributed by atoms with Gasteiger partial charge in [0.25, 0.3) is 0 Å². The van der Waals surface area contributed by atoms with Crippen molar-refractivity contribution in [3.63, 3.8) is 0 Å². The lowest BCUT2D eigenvalue weighted by atomic mass is 10.0. The van der Waals surface area contributed by atoms with Crippen molar-refractivity contribution in [2.75, 3.05) is 19.8 Å². The number of fused-ring (bicyclic) bond motifs is 3. The van der Waals surface area contributed by atoms with Crippen LogP contribution in [0.3, 0.4) is 0 Å². The Balaban J connectivity index is 1.38. The van der Waals surface area contributed by atoms with Gasteiger partial charge in [-0.2, -0.15) is 0 Å². The van der Waals surface area contributed by atoms with Gasteiger partial charge in [-0.25, -0.2) is 4.79 Å². The molecule has 0 aromatic heterocycles. The maximum Gasteiger partial charge on any atom is 0.335 e. The molecule has 0 N–H and O–H groups in total. The second kappa shape index (κ2) is 10.8. The second-order valence-electron chi connectivity index (χ2n) is 8.40. The summed E-state index contributed by atoms with van der Waals surface area (Å²) in [5, 5.41) is 0. The number of esters is 1. The van der Waals surface area contributed by atoms with E-state index in [2.05, 4.69) is 73.7 Å². The van der Waals surface area contributed by atoms with Crippen LogP contribution in [0.1, 0.15) is 47.8 Å². The highest BCUT2D eigenvalue weighted by molar-refractivity contribution is 5.78. The highest BCUT2D eigenvalue weighted by Crippen LogP contribution is 2.45. The molecule has 4 nitrogen and oxygen atoms in total. The molecule has 0 fully saturated rings. The van der Waals surface area contributed by atoms with Crippen molar-refractivity contribution < 1.29 is 19.0 Å². The molecule has 2 atom stereocenters. The minimum Gasteiger partial charge on any atom is -0.464 e. The van der Waals surface area contributed by atoms with E-state index in [-0.39, 0.29) is 12.1 Å². The SMILES string of the molecule is CCOC(=O)C(Cc1ccc(CCOC2c3ccccc3-c3ccc(C)cc32)cc1)OCC. The predicted molar refractivity (Wildman–Crippen MR) is 130 cm³/mol. The monoisotopic (exact) mass is 444 g/mol. The number of hydrogen-bond acceptors (Lipinski definition) is 4. The fraction of sp³-hybridized carbons (Fsp3) is 0.345. The molecule has 4 heteroatoms. The van der Waals surface area contributed by atoms with Crippen molar-refractivity contribution in [3.8, 4) is 11.1 Å². The Morgan fingerprint density at radius 3 is 2.36 bits per heavy atom. The molecule has 3 aromatic rings. The van der Waals surface area contributed by atoms with Crippen LogP contribution in [-0.4, -0.2) is 31.9 Å². The Labute approximate surface area is 196 Å². The Morgan fingerprint density at radius 2 is 1.61 bits per heavy atom. The highest BCUT2D eigenvalue weighted by Gasteiger charge is 2.29. The largest absolute Gasteiger partial charge is 0.464 e. The van der Waals surface area contributed by atoms with E-state index in [9.17, 15) is 4.79 Å². The molecule has 0 bridgehead atoms. The van der Waals surface area contributed by atoms with Crippen molar-refractivity contribution in [1.29, 1.82) is 0 Å². The van der Waals surface area contributed by atoms with Crippen molar-refractivity contribution in [3.05, 3.63) is 94.5 Å². The molecule has 1 aliphatic carbocycles. The van der Waals surface area contributed by atoms with Gasteiger partial charge in [0.05, 0.1) is 13.2 Å². The van der Waals surface area contributed by atoms with Gasteiger partial charge < -0.3 is 14.2 Å². The Hall–Kier alpha value is -2.95. The van der Waals surface area contributed by atoms with Crippen LogP contribution < -0.4 is 0 Å². The summed E-state index contributed by atoms with van der Waals surface area (Å²) in [4.78, 5) is 12.1. The standard InChI is InChI=1S/C29H32O4/c1-4-31-27(29(30)32-5-2)19-22-13-11-21(12-14-22)16-17-33-28-25-9-7-6-8-23(25)24-15-10-20(3)18-26(24)28/h6-15,18,27-28H,4-5,16-17,19H2,1-3H3. The third-order valence-corrected chi connectivity index (χ3v) is 6.06. The smallest absolute Gasteiger partial charge is 0.335 e.